The fourth-order valence-corrected chi connectivity index (χ4v) is 5.02. The third-order valence-electron chi connectivity index (χ3n) is 3.46. The number of carbonyl (C=O) groups excluding carboxylic acids is 1. The summed E-state index contributed by atoms with van der Waals surface area (Å²) in [4.78, 5) is 12.4. The number of ether oxygens (including phenoxy) is 1. The monoisotopic (exact) mass is 292 g/mol. The number of esters is 1. The smallest absolute Gasteiger partial charge is 0.347 e. The Hall–Kier alpha value is -0.380. The van der Waals surface area contributed by atoms with Crippen molar-refractivity contribution < 1.29 is 23.1 Å². The fourth-order valence-electron chi connectivity index (χ4n) is 2.62. The SMILES string of the molecule is CCOC(=O)C1(P(=O)(OCC)OCC)CCCCC1. The second-order valence-electron chi connectivity index (χ2n) is 4.65. The standard InChI is InChI=1S/C13H25O5P/c1-4-16-12(14)13(10-8-7-9-11-13)19(15,17-5-2)18-6-3/h4-11H2,1-3H3. The van der Waals surface area contributed by atoms with Gasteiger partial charge in [0.2, 0.25) is 0 Å². The molecule has 1 aliphatic rings. The van der Waals surface area contributed by atoms with Gasteiger partial charge >= 0.3 is 13.6 Å². The quantitative estimate of drug-likeness (QED) is 0.530. The Balaban J connectivity index is 3.11. The van der Waals surface area contributed by atoms with E-state index in [0.29, 0.717) is 12.8 Å². The van der Waals surface area contributed by atoms with E-state index in [9.17, 15) is 9.36 Å². The second kappa shape index (κ2) is 7.41. The zero-order valence-corrected chi connectivity index (χ0v) is 13.0. The number of hydrogen-bond acceptors (Lipinski definition) is 5. The van der Waals surface area contributed by atoms with Crippen molar-refractivity contribution >= 4 is 13.6 Å². The van der Waals surface area contributed by atoms with Crippen molar-refractivity contribution in [2.75, 3.05) is 19.8 Å². The van der Waals surface area contributed by atoms with Gasteiger partial charge in [0.1, 0.15) is 0 Å². The van der Waals surface area contributed by atoms with Crippen LogP contribution < -0.4 is 0 Å². The van der Waals surface area contributed by atoms with E-state index in [4.69, 9.17) is 13.8 Å². The average molecular weight is 292 g/mol. The van der Waals surface area contributed by atoms with E-state index in [2.05, 4.69) is 0 Å². The minimum absolute atomic E-state index is 0.262. The van der Waals surface area contributed by atoms with Crippen LogP contribution in [-0.2, 0) is 23.1 Å². The topological polar surface area (TPSA) is 61.8 Å². The van der Waals surface area contributed by atoms with E-state index < -0.39 is 18.7 Å². The Morgan fingerprint density at radius 2 is 1.53 bits per heavy atom. The van der Waals surface area contributed by atoms with Crippen molar-refractivity contribution in [2.24, 2.45) is 0 Å². The molecule has 0 amide bonds. The van der Waals surface area contributed by atoms with Crippen LogP contribution in [0, 0.1) is 0 Å². The van der Waals surface area contributed by atoms with E-state index >= 15 is 0 Å². The number of hydrogen-bond donors (Lipinski definition) is 0. The Morgan fingerprint density at radius 3 is 1.95 bits per heavy atom. The minimum Gasteiger partial charge on any atom is -0.465 e. The molecule has 112 valence electrons. The zero-order chi connectivity index (χ0) is 14.4. The van der Waals surface area contributed by atoms with Crippen LogP contribution in [0.25, 0.3) is 0 Å². The highest BCUT2D eigenvalue weighted by Gasteiger charge is 2.57. The molecule has 1 saturated carbocycles. The fraction of sp³-hybridized carbons (Fsp3) is 0.923. The summed E-state index contributed by atoms with van der Waals surface area (Å²) in [7, 11) is -3.49. The number of rotatable bonds is 7. The van der Waals surface area contributed by atoms with Crippen LogP contribution in [-0.4, -0.2) is 30.9 Å². The largest absolute Gasteiger partial charge is 0.465 e. The van der Waals surface area contributed by atoms with Crippen LogP contribution in [0.4, 0.5) is 0 Å². The first kappa shape index (κ1) is 16.7. The van der Waals surface area contributed by atoms with Crippen molar-refractivity contribution in [2.45, 2.75) is 58.0 Å². The van der Waals surface area contributed by atoms with Crippen LogP contribution in [0.3, 0.4) is 0 Å². The molecule has 0 spiro atoms. The zero-order valence-electron chi connectivity index (χ0n) is 12.1. The number of carbonyl (C=O) groups is 1. The molecular weight excluding hydrogens is 267 g/mol. The van der Waals surface area contributed by atoms with Crippen molar-refractivity contribution in [1.29, 1.82) is 0 Å². The molecule has 1 aliphatic carbocycles. The summed E-state index contributed by atoms with van der Waals surface area (Å²) in [6.45, 7) is 6.07. The molecule has 5 nitrogen and oxygen atoms in total. The molecule has 19 heavy (non-hydrogen) atoms. The van der Waals surface area contributed by atoms with Gasteiger partial charge in [0.15, 0.2) is 5.16 Å². The maximum absolute atomic E-state index is 13.1. The van der Waals surface area contributed by atoms with Gasteiger partial charge < -0.3 is 13.8 Å². The summed E-state index contributed by atoms with van der Waals surface area (Å²) < 4.78 is 29.0. The molecule has 1 fully saturated rings. The highest BCUT2D eigenvalue weighted by molar-refractivity contribution is 7.56. The molecule has 0 radical (unpaired) electrons. The molecule has 0 atom stereocenters. The Morgan fingerprint density at radius 1 is 1.00 bits per heavy atom. The molecule has 0 aromatic heterocycles. The van der Waals surface area contributed by atoms with E-state index in [1.54, 1.807) is 20.8 Å². The molecule has 0 heterocycles. The van der Waals surface area contributed by atoms with Crippen molar-refractivity contribution in [3.63, 3.8) is 0 Å². The molecule has 0 bridgehead atoms. The molecule has 0 unspecified atom stereocenters. The summed E-state index contributed by atoms with van der Waals surface area (Å²) >= 11 is 0. The van der Waals surface area contributed by atoms with Crippen LogP contribution in [0.5, 0.6) is 0 Å². The lowest BCUT2D eigenvalue weighted by atomic mass is 9.88. The second-order valence-corrected chi connectivity index (χ2v) is 7.01. The van der Waals surface area contributed by atoms with Crippen LogP contribution >= 0.6 is 7.60 Å². The van der Waals surface area contributed by atoms with Gasteiger partial charge in [-0.25, -0.2) is 0 Å². The third-order valence-corrected chi connectivity index (χ3v) is 6.33. The molecular formula is C13H25O5P. The van der Waals surface area contributed by atoms with Crippen molar-refractivity contribution in [3.8, 4) is 0 Å². The van der Waals surface area contributed by atoms with E-state index in [0.717, 1.165) is 19.3 Å². The summed E-state index contributed by atoms with van der Waals surface area (Å²) in [5.41, 5.74) is 0. The lowest BCUT2D eigenvalue weighted by Gasteiger charge is -2.39. The van der Waals surface area contributed by atoms with Crippen molar-refractivity contribution in [1.82, 2.24) is 0 Å². The van der Waals surface area contributed by atoms with Gasteiger partial charge in [-0.05, 0) is 33.6 Å². The van der Waals surface area contributed by atoms with Gasteiger partial charge in [-0.1, -0.05) is 19.3 Å². The highest BCUT2D eigenvalue weighted by atomic mass is 31.2. The molecule has 0 aromatic rings. The summed E-state index contributed by atoms with van der Waals surface area (Å²) in [5, 5.41) is -1.10. The maximum Gasteiger partial charge on any atom is 0.347 e. The van der Waals surface area contributed by atoms with Crippen molar-refractivity contribution in [3.05, 3.63) is 0 Å². The van der Waals surface area contributed by atoms with E-state index in [1.807, 2.05) is 0 Å². The van der Waals surface area contributed by atoms with Gasteiger partial charge in [0, 0.05) is 0 Å². The van der Waals surface area contributed by atoms with Gasteiger partial charge in [0.25, 0.3) is 0 Å². The van der Waals surface area contributed by atoms with Gasteiger partial charge in [-0.3, -0.25) is 9.36 Å². The molecule has 0 saturated heterocycles. The van der Waals surface area contributed by atoms with Gasteiger partial charge in [-0.15, -0.1) is 0 Å². The molecule has 0 aliphatic heterocycles. The highest BCUT2D eigenvalue weighted by Crippen LogP contribution is 2.65. The lowest BCUT2D eigenvalue weighted by Crippen LogP contribution is -2.43. The minimum atomic E-state index is -3.49. The molecule has 1 rings (SSSR count). The predicted octanol–water partition coefficient (Wildman–Crippen LogP) is 3.52. The first-order valence-electron chi connectivity index (χ1n) is 7.12. The Labute approximate surface area is 115 Å². The molecule has 0 N–H and O–H groups in total. The first-order valence-corrected chi connectivity index (χ1v) is 8.67. The predicted molar refractivity (Wildman–Crippen MR) is 73.3 cm³/mol. The van der Waals surface area contributed by atoms with Gasteiger partial charge in [-0.2, -0.15) is 0 Å². The van der Waals surface area contributed by atoms with E-state index in [-0.39, 0.29) is 19.8 Å². The average Bonchev–Trinajstić information content (AvgIpc) is 2.40. The normalized spacial score (nSPS) is 19.1. The molecule has 0 aromatic carbocycles. The Bertz CT molecular complexity index is 326. The summed E-state index contributed by atoms with van der Waals surface area (Å²) in [6.07, 6.45) is 3.78. The van der Waals surface area contributed by atoms with Crippen LogP contribution in [0.1, 0.15) is 52.9 Å². The van der Waals surface area contributed by atoms with E-state index in [1.165, 1.54) is 0 Å². The maximum atomic E-state index is 13.1. The lowest BCUT2D eigenvalue weighted by molar-refractivity contribution is -0.148. The summed E-state index contributed by atoms with van der Waals surface area (Å²) in [6, 6.07) is 0. The van der Waals surface area contributed by atoms with Crippen LogP contribution in [0.15, 0.2) is 0 Å². The van der Waals surface area contributed by atoms with Gasteiger partial charge in [0.05, 0.1) is 19.8 Å². The third kappa shape index (κ3) is 3.39. The summed E-state index contributed by atoms with van der Waals surface area (Å²) in [5.74, 6) is -0.431. The Kier molecular flexibility index (Phi) is 6.51. The van der Waals surface area contributed by atoms with Crippen LogP contribution in [0.2, 0.25) is 0 Å². The molecule has 6 heteroatoms. The first-order chi connectivity index (χ1) is 9.06.